The molecule has 102 valence electrons. The van der Waals surface area contributed by atoms with E-state index in [4.69, 9.17) is 11.6 Å². The summed E-state index contributed by atoms with van der Waals surface area (Å²) in [7, 11) is 0. The summed E-state index contributed by atoms with van der Waals surface area (Å²) >= 11 is 6.04. The van der Waals surface area contributed by atoms with E-state index in [0.717, 1.165) is 16.8 Å². The lowest BCUT2D eigenvalue weighted by molar-refractivity contribution is 0.104. The molecule has 0 saturated carbocycles. The van der Waals surface area contributed by atoms with Gasteiger partial charge in [-0.3, -0.25) is 4.79 Å². The summed E-state index contributed by atoms with van der Waals surface area (Å²) < 4.78 is 0. The fourth-order valence-corrected chi connectivity index (χ4v) is 1.97. The SMILES string of the molecule is Cc1cccc(C(=O)/C=C\Nc2ccc(C)c(Cl)c2)c1. The van der Waals surface area contributed by atoms with Gasteiger partial charge in [-0.25, -0.2) is 0 Å². The molecular formula is C17H16ClNO. The number of nitrogens with one attached hydrogen (secondary N) is 1. The van der Waals surface area contributed by atoms with Gasteiger partial charge in [0, 0.05) is 28.5 Å². The predicted molar refractivity (Wildman–Crippen MR) is 84.5 cm³/mol. The van der Waals surface area contributed by atoms with Crippen molar-refractivity contribution in [3.8, 4) is 0 Å². The first-order valence-corrected chi connectivity index (χ1v) is 6.74. The van der Waals surface area contributed by atoms with Gasteiger partial charge in [0.1, 0.15) is 0 Å². The average molecular weight is 286 g/mol. The van der Waals surface area contributed by atoms with Crippen LogP contribution < -0.4 is 5.32 Å². The van der Waals surface area contributed by atoms with Gasteiger partial charge in [-0.1, -0.05) is 41.4 Å². The third-order valence-electron chi connectivity index (χ3n) is 2.96. The van der Waals surface area contributed by atoms with E-state index in [0.29, 0.717) is 10.6 Å². The molecule has 0 aromatic heterocycles. The molecule has 0 aliphatic heterocycles. The van der Waals surface area contributed by atoms with Gasteiger partial charge in [-0.05, 0) is 37.6 Å². The molecule has 20 heavy (non-hydrogen) atoms. The minimum absolute atomic E-state index is 0.0283. The number of hydrogen-bond donors (Lipinski definition) is 1. The highest BCUT2D eigenvalue weighted by Gasteiger charge is 2.01. The standard InChI is InChI=1S/C17H16ClNO/c1-12-4-3-5-14(10-12)17(20)8-9-19-15-7-6-13(2)16(18)11-15/h3-11,19H,1-2H3/b9-8-. The van der Waals surface area contributed by atoms with Crippen LogP contribution in [0.5, 0.6) is 0 Å². The van der Waals surface area contributed by atoms with Crippen molar-refractivity contribution in [2.75, 3.05) is 5.32 Å². The van der Waals surface area contributed by atoms with Crippen LogP contribution in [0.25, 0.3) is 0 Å². The van der Waals surface area contributed by atoms with Crippen LogP contribution in [-0.2, 0) is 0 Å². The summed E-state index contributed by atoms with van der Waals surface area (Å²) in [6.07, 6.45) is 3.15. The molecule has 2 nitrogen and oxygen atoms in total. The monoisotopic (exact) mass is 285 g/mol. The molecule has 2 rings (SSSR count). The van der Waals surface area contributed by atoms with Gasteiger partial charge in [0.25, 0.3) is 0 Å². The summed E-state index contributed by atoms with van der Waals surface area (Å²) in [5, 5.41) is 3.74. The molecule has 2 aromatic rings. The van der Waals surface area contributed by atoms with E-state index >= 15 is 0 Å². The topological polar surface area (TPSA) is 29.1 Å². The number of benzene rings is 2. The van der Waals surface area contributed by atoms with E-state index in [-0.39, 0.29) is 5.78 Å². The minimum atomic E-state index is -0.0283. The lowest BCUT2D eigenvalue weighted by atomic mass is 10.1. The van der Waals surface area contributed by atoms with Crippen molar-refractivity contribution in [3.05, 3.63) is 76.5 Å². The van der Waals surface area contributed by atoms with Crippen LogP contribution in [0.2, 0.25) is 5.02 Å². The number of carbonyl (C=O) groups is 1. The van der Waals surface area contributed by atoms with Gasteiger partial charge in [0.15, 0.2) is 5.78 Å². The Kier molecular flexibility index (Phi) is 4.59. The lowest BCUT2D eigenvalue weighted by Crippen LogP contribution is -1.96. The van der Waals surface area contributed by atoms with E-state index in [1.807, 2.05) is 56.3 Å². The van der Waals surface area contributed by atoms with Crippen LogP contribution in [0, 0.1) is 13.8 Å². The molecule has 2 aromatic carbocycles. The Morgan fingerprint density at radius 2 is 1.95 bits per heavy atom. The first kappa shape index (κ1) is 14.4. The van der Waals surface area contributed by atoms with Gasteiger partial charge in [0.2, 0.25) is 0 Å². The van der Waals surface area contributed by atoms with Crippen LogP contribution in [0.3, 0.4) is 0 Å². The fourth-order valence-electron chi connectivity index (χ4n) is 1.79. The maximum atomic E-state index is 12.0. The summed E-state index contributed by atoms with van der Waals surface area (Å²) in [4.78, 5) is 12.0. The molecule has 0 aliphatic carbocycles. The summed E-state index contributed by atoms with van der Waals surface area (Å²) in [5.41, 5.74) is 3.64. The summed E-state index contributed by atoms with van der Waals surface area (Å²) in [5.74, 6) is -0.0283. The Hall–Kier alpha value is -2.06. The van der Waals surface area contributed by atoms with Crippen molar-refractivity contribution in [1.82, 2.24) is 0 Å². The highest BCUT2D eigenvalue weighted by molar-refractivity contribution is 6.31. The van der Waals surface area contributed by atoms with Crippen molar-refractivity contribution >= 4 is 23.1 Å². The molecule has 0 amide bonds. The zero-order chi connectivity index (χ0) is 14.5. The Labute approximate surface area is 124 Å². The van der Waals surface area contributed by atoms with Crippen LogP contribution in [0.4, 0.5) is 5.69 Å². The second-order valence-corrected chi connectivity index (χ2v) is 5.08. The first-order chi connectivity index (χ1) is 9.56. The molecule has 0 heterocycles. The highest BCUT2D eigenvalue weighted by atomic mass is 35.5. The third-order valence-corrected chi connectivity index (χ3v) is 3.37. The first-order valence-electron chi connectivity index (χ1n) is 6.36. The van der Waals surface area contributed by atoms with E-state index in [1.54, 1.807) is 6.20 Å². The molecule has 0 unspecified atom stereocenters. The van der Waals surface area contributed by atoms with Crippen LogP contribution in [0.1, 0.15) is 21.5 Å². The molecular weight excluding hydrogens is 270 g/mol. The van der Waals surface area contributed by atoms with Gasteiger partial charge in [-0.2, -0.15) is 0 Å². The van der Waals surface area contributed by atoms with Crippen molar-refractivity contribution in [2.45, 2.75) is 13.8 Å². The van der Waals surface area contributed by atoms with Crippen LogP contribution >= 0.6 is 11.6 Å². The number of allylic oxidation sites excluding steroid dienone is 1. The summed E-state index contributed by atoms with van der Waals surface area (Å²) in [6, 6.07) is 13.2. The Morgan fingerprint density at radius 3 is 2.65 bits per heavy atom. The van der Waals surface area contributed by atoms with Crippen molar-refractivity contribution in [1.29, 1.82) is 0 Å². The zero-order valence-electron chi connectivity index (χ0n) is 11.5. The largest absolute Gasteiger partial charge is 0.362 e. The number of hydrogen-bond acceptors (Lipinski definition) is 2. The maximum absolute atomic E-state index is 12.0. The predicted octanol–water partition coefficient (Wildman–Crippen LogP) is 4.77. The molecule has 0 aliphatic rings. The Bertz CT molecular complexity index is 662. The van der Waals surface area contributed by atoms with E-state index < -0.39 is 0 Å². The Balaban J connectivity index is 2.02. The average Bonchev–Trinajstić information content (AvgIpc) is 2.42. The number of carbonyl (C=O) groups excluding carboxylic acids is 1. The number of rotatable bonds is 4. The van der Waals surface area contributed by atoms with Crippen molar-refractivity contribution in [3.63, 3.8) is 0 Å². The maximum Gasteiger partial charge on any atom is 0.187 e. The molecule has 0 atom stereocenters. The molecule has 3 heteroatoms. The molecule has 0 spiro atoms. The van der Waals surface area contributed by atoms with E-state index in [9.17, 15) is 4.79 Å². The van der Waals surface area contributed by atoms with E-state index in [2.05, 4.69) is 5.32 Å². The molecule has 0 radical (unpaired) electrons. The fraction of sp³-hybridized carbons (Fsp3) is 0.118. The third kappa shape index (κ3) is 3.72. The van der Waals surface area contributed by atoms with Gasteiger partial charge in [0.05, 0.1) is 0 Å². The molecule has 0 bridgehead atoms. The van der Waals surface area contributed by atoms with Gasteiger partial charge in [-0.15, -0.1) is 0 Å². The van der Waals surface area contributed by atoms with Gasteiger partial charge >= 0.3 is 0 Å². The van der Waals surface area contributed by atoms with Crippen LogP contribution in [-0.4, -0.2) is 5.78 Å². The molecule has 1 N–H and O–H groups in total. The van der Waals surface area contributed by atoms with Crippen molar-refractivity contribution in [2.24, 2.45) is 0 Å². The van der Waals surface area contributed by atoms with Gasteiger partial charge < -0.3 is 5.32 Å². The number of halogens is 1. The minimum Gasteiger partial charge on any atom is -0.362 e. The number of ketones is 1. The highest BCUT2D eigenvalue weighted by Crippen LogP contribution is 2.19. The second-order valence-electron chi connectivity index (χ2n) is 4.68. The molecule has 0 fully saturated rings. The van der Waals surface area contributed by atoms with E-state index in [1.165, 1.54) is 6.08 Å². The number of anilines is 1. The lowest BCUT2D eigenvalue weighted by Gasteiger charge is -2.03. The quantitative estimate of drug-likeness (QED) is 0.648. The smallest absolute Gasteiger partial charge is 0.187 e. The molecule has 0 saturated heterocycles. The van der Waals surface area contributed by atoms with Crippen molar-refractivity contribution < 1.29 is 4.79 Å². The second kappa shape index (κ2) is 6.40. The normalized spacial score (nSPS) is 10.8. The number of aryl methyl sites for hydroxylation is 2. The van der Waals surface area contributed by atoms with Crippen LogP contribution in [0.15, 0.2) is 54.7 Å². The Morgan fingerprint density at radius 1 is 1.15 bits per heavy atom. The summed E-state index contributed by atoms with van der Waals surface area (Å²) in [6.45, 7) is 3.91. The zero-order valence-corrected chi connectivity index (χ0v) is 12.2.